The first kappa shape index (κ1) is 23.1. The lowest BCUT2D eigenvalue weighted by Gasteiger charge is -2.24. The van der Waals surface area contributed by atoms with Gasteiger partial charge in [-0.15, -0.1) is 0 Å². The number of para-hydroxylation sites is 1. The number of benzene rings is 2. The molecule has 1 aromatic heterocycles. The number of aromatic nitrogens is 2. The lowest BCUT2D eigenvalue weighted by atomic mass is 10.1. The minimum Gasteiger partial charge on any atom is -0.444 e. The van der Waals surface area contributed by atoms with Crippen LogP contribution >= 0.6 is 0 Å². The van der Waals surface area contributed by atoms with E-state index in [1.807, 2.05) is 0 Å². The summed E-state index contributed by atoms with van der Waals surface area (Å²) in [5, 5.41) is 2.00. The van der Waals surface area contributed by atoms with Crippen molar-refractivity contribution in [2.45, 2.75) is 45.5 Å². The van der Waals surface area contributed by atoms with Crippen LogP contribution in [0.1, 0.15) is 45.1 Å². The van der Waals surface area contributed by atoms with Gasteiger partial charge in [0.25, 0.3) is 5.56 Å². The molecule has 0 bridgehead atoms. The number of carbonyl (C=O) groups is 1. The normalized spacial score (nSPS) is 13.0. The van der Waals surface area contributed by atoms with Gasteiger partial charge in [-0.05, 0) is 52.0 Å². The number of amides is 1. The Hall–Kier alpha value is -3.56. The number of nitrogens with one attached hydrogen (secondary N) is 2. The Morgan fingerprint density at radius 2 is 1.72 bits per heavy atom. The molecule has 0 aliphatic rings. The highest BCUT2D eigenvalue weighted by Gasteiger charge is 2.35. The van der Waals surface area contributed by atoms with Crippen molar-refractivity contribution >= 4 is 22.7 Å². The van der Waals surface area contributed by atoms with E-state index >= 15 is 0 Å². The van der Waals surface area contributed by atoms with Crippen molar-refractivity contribution in [3.05, 3.63) is 70.3 Å². The van der Waals surface area contributed by atoms with Crippen LogP contribution in [-0.4, -0.2) is 21.4 Å². The quantitative estimate of drug-likeness (QED) is 0.595. The summed E-state index contributed by atoms with van der Waals surface area (Å²) in [6, 6.07) is 10.9. The molecule has 0 spiro atoms. The minimum absolute atomic E-state index is 0.0107. The molecular weight excluding hydrogens is 425 g/mol. The van der Waals surface area contributed by atoms with Crippen molar-refractivity contribution in [3.63, 3.8) is 0 Å². The molecule has 0 radical (unpaired) electrons. The Morgan fingerprint density at radius 3 is 2.31 bits per heavy atom. The Morgan fingerprint density at radius 1 is 1.06 bits per heavy atom. The van der Waals surface area contributed by atoms with Gasteiger partial charge in [0, 0.05) is 0 Å². The second-order valence-corrected chi connectivity index (χ2v) is 8.15. The zero-order valence-corrected chi connectivity index (χ0v) is 17.9. The molecule has 3 aromatic rings. The van der Waals surface area contributed by atoms with Gasteiger partial charge in [0.1, 0.15) is 5.60 Å². The van der Waals surface area contributed by atoms with Gasteiger partial charge < -0.3 is 10.1 Å². The van der Waals surface area contributed by atoms with Gasteiger partial charge in [-0.2, -0.15) is 13.2 Å². The van der Waals surface area contributed by atoms with Crippen molar-refractivity contribution in [1.29, 1.82) is 0 Å². The van der Waals surface area contributed by atoms with E-state index in [9.17, 15) is 22.8 Å². The first-order valence-corrected chi connectivity index (χ1v) is 9.81. The number of carbonyl (C=O) groups excluding carboxylic acids is 1. The maximum absolute atomic E-state index is 13.6. The number of rotatable bonds is 4. The molecule has 1 heterocycles. The van der Waals surface area contributed by atoms with Crippen LogP contribution in [0, 0.1) is 0 Å². The molecule has 2 N–H and O–H groups in total. The van der Waals surface area contributed by atoms with Crippen LogP contribution in [0.25, 0.3) is 10.9 Å². The van der Waals surface area contributed by atoms with E-state index in [4.69, 9.17) is 4.74 Å². The van der Waals surface area contributed by atoms with Gasteiger partial charge in [-0.1, -0.05) is 24.3 Å². The maximum Gasteiger partial charge on any atom is 0.417 e. The van der Waals surface area contributed by atoms with Gasteiger partial charge in [0.15, 0.2) is 5.82 Å². The molecule has 2 aromatic carbocycles. The summed E-state index contributed by atoms with van der Waals surface area (Å²) in [6.45, 7) is 6.62. The van der Waals surface area contributed by atoms with Gasteiger partial charge in [0.05, 0.1) is 28.2 Å². The smallest absolute Gasteiger partial charge is 0.417 e. The second-order valence-electron chi connectivity index (χ2n) is 8.15. The number of nitrogens with zero attached hydrogens (tertiary/aromatic N) is 2. The fourth-order valence-corrected chi connectivity index (χ4v) is 3.07. The van der Waals surface area contributed by atoms with Crippen LogP contribution in [-0.2, 0) is 10.9 Å². The Kier molecular flexibility index (Phi) is 6.16. The fourth-order valence-electron chi connectivity index (χ4n) is 3.07. The molecule has 170 valence electrons. The van der Waals surface area contributed by atoms with Gasteiger partial charge >= 0.3 is 12.3 Å². The van der Waals surface area contributed by atoms with Crippen LogP contribution in [0.3, 0.4) is 0 Å². The molecule has 32 heavy (non-hydrogen) atoms. The molecule has 10 heteroatoms. The summed E-state index contributed by atoms with van der Waals surface area (Å²) in [4.78, 5) is 29.8. The molecule has 1 amide bonds. The highest BCUT2D eigenvalue weighted by Crippen LogP contribution is 2.33. The minimum atomic E-state index is -4.74. The number of ether oxygens (including phenoxy) is 1. The highest BCUT2D eigenvalue weighted by atomic mass is 19.4. The van der Waals surface area contributed by atoms with Gasteiger partial charge in [-0.3, -0.25) is 10.2 Å². The van der Waals surface area contributed by atoms with E-state index in [1.165, 1.54) is 12.1 Å². The highest BCUT2D eigenvalue weighted by molar-refractivity contribution is 5.82. The Balaban J connectivity index is 2.17. The van der Waals surface area contributed by atoms with Crippen LogP contribution in [0.15, 0.2) is 53.3 Å². The van der Waals surface area contributed by atoms with Crippen molar-refractivity contribution in [2.75, 3.05) is 5.43 Å². The third-order valence-corrected chi connectivity index (χ3v) is 4.36. The van der Waals surface area contributed by atoms with Crippen molar-refractivity contribution < 1.29 is 22.7 Å². The van der Waals surface area contributed by atoms with E-state index in [1.54, 1.807) is 58.0 Å². The summed E-state index contributed by atoms with van der Waals surface area (Å²) in [5.41, 5.74) is 0.319. The number of fused-ring (bicyclic) bond motifs is 1. The molecule has 0 fully saturated rings. The average Bonchev–Trinajstić information content (AvgIpc) is 2.68. The second kappa shape index (κ2) is 8.52. The lowest BCUT2D eigenvalue weighted by Crippen LogP contribution is -2.39. The number of alkyl carbamates (subject to hydrolysis) is 1. The fraction of sp³-hybridized carbons (Fsp3) is 0.318. The van der Waals surface area contributed by atoms with Crippen molar-refractivity contribution in [1.82, 2.24) is 15.0 Å². The standard InChI is InChI=1S/C22H23F3N4O3/c1-13(26-20(31)32-21(2,3)4)18-27-16-12-8-11-15(22(23,24)25)17(16)19(30)29(18)28-14-9-6-5-7-10-14/h5-13,28H,1-4H3,(H,26,31)/t13-/m0/s1. The summed E-state index contributed by atoms with van der Waals surface area (Å²) in [6.07, 6.45) is -5.50. The van der Waals surface area contributed by atoms with Crippen LogP contribution in [0.4, 0.5) is 23.7 Å². The molecule has 1 atom stereocenters. The first-order chi connectivity index (χ1) is 14.9. The van der Waals surface area contributed by atoms with E-state index < -0.39 is 40.4 Å². The molecule has 0 aliphatic heterocycles. The summed E-state index contributed by atoms with van der Waals surface area (Å²) in [5.74, 6) is 0.0107. The molecule has 7 nitrogen and oxygen atoms in total. The third kappa shape index (κ3) is 5.19. The monoisotopic (exact) mass is 448 g/mol. The van der Waals surface area contributed by atoms with E-state index in [-0.39, 0.29) is 11.3 Å². The average molecular weight is 448 g/mol. The maximum atomic E-state index is 13.6. The molecule has 3 rings (SSSR count). The van der Waals surface area contributed by atoms with Crippen molar-refractivity contribution in [2.24, 2.45) is 0 Å². The third-order valence-electron chi connectivity index (χ3n) is 4.36. The number of hydrogen-bond donors (Lipinski definition) is 2. The van der Waals surface area contributed by atoms with Gasteiger partial charge in [-0.25, -0.2) is 14.5 Å². The number of halogens is 3. The van der Waals surface area contributed by atoms with Crippen molar-refractivity contribution in [3.8, 4) is 0 Å². The molecule has 0 aliphatic carbocycles. The predicted octanol–water partition coefficient (Wildman–Crippen LogP) is 4.88. The molecule has 0 unspecified atom stereocenters. The summed E-state index contributed by atoms with van der Waals surface area (Å²) < 4.78 is 46.9. The predicted molar refractivity (Wildman–Crippen MR) is 114 cm³/mol. The van der Waals surface area contributed by atoms with E-state index in [2.05, 4.69) is 15.7 Å². The first-order valence-electron chi connectivity index (χ1n) is 9.81. The lowest BCUT2D eigenvalue weighted by molar-refractivity contribution is -0.136. The zero-order valence-electron chi connectivity index (χ0n) is 17.9. The molecule has 0 saturated heterocycles. The Labute approximate surface area is 182 Å². The SMILES string of the molecule is C[C@H](NC(=O)OC(C)(C)C)c1nc2cccc(C(F)(F)F)c2c(=O)n1Nc1ccccc1. The Bertz CT molecular complexity index is 1190. The number of anilines is 1. The molecular formula is C22H23F3N4O3. The summed E-state index contributed by atoms with van der Waals surface area (Å²) >= 11 is 0. The summed E-state index contributed by atoms with van der Waals surface area (Å²) in [7, 11) is 0. The largest absolute Gasteiger partial charge is 0.444 e. The number of hydrogen-bond acceptors (Lipinski definition) is 5. The van der Waals surface area contributed by atoms with Crippen LogP contribution in [0.5, 0.6) is 0 Å². The van der Waals surface area contributed by atoms with Crippen LogP contribution < -0.4 is 16.3 Å². The van der Waals surface area contributed by atoms with Crippen LogP contribution in [0.2, 0.25) is 0 Å². The molecule has 0 saturated carbocycles. The van der Waals surface area contributed by atoms with E-state index in [0.717, 1.165) is 10.7 Å². The van der Waals surface area contributed by atoms with Gasteiger partial charge in [0.2, 0.25) is 0 Å². The van der Waals surface area contributed by atoms with E-state index in [0.29, 0.717) is 5.69 Å². The number of alkyl halides is 3. The zero-order chi connectivity index (χ0) is 23.7. The topological polar surface area (TPSA) is 85.2 Å².